The molecule has 0 saturated heterocycles. The number of halogens is 1. The lowest BCUT2D eigenvalue weighted by molar-refractivity contribution is 0.413. The maximum Gasteiger partial charge on any atom is 0.119 e. The maximum absolute atomic E-state index is 5.27. The van der Waals surface area contributed by atoms with Crippen molar-refractivity contribution in [3.8, 4) is 5.75 Å². The molecule has 0 aliphatic rings. The fourth-order valence-corrected chi connectivity index (χ4v) is 3.51. The number of benzene rings is 1. The highest BCUT2D eigenvalue weighted by Gasteiger charge is 2.20. The van der Waals surface area contributed by atoms with Crippen LogP contribution >= 0.6 is 15.9 Å². The van der Waals surface area contributed by atoms with Gasteiger partial charge in [-0.05, 0) is 42.5 Å². The van der Waals surface area contributed by atoms with Crippen molar-refractivity contribution in [2.24, 2.45) is 5.92 Å². The molecule has 0 saturated carbocycles. The Bertz CT molecular complexity index is 362. The van der Waals surface area contributed by atoms with Gasteiger partial charge in [0.05, 0.1) is 7.11 Å². The molecule has 0 heterocycles. The summed E-state index contributed by atoms with van der Waals surface area (Å²) in [5, 5.41) is 0. The third-order valence-corrected chi connectivity index (χ3v) is 4.88. The average Bonchev–Trinajstić information content (AvgIpc) is 2.39. The Hall–Kier alpha value is -0.500. The Labute approximate surface area is 120 Å². The highest BCUT2D eigenvalue weighted by atomic mass is 79.9. The Morgan fingerprint density at radius 3 is 2.50 bits per heavy atom. The van der Waals surface area contributed by atoms with Crippen molar-refractivity contribution < 1.29 is 4.74 Å². The summed E-state index contributed by atoms with van der Waals surface area (Å²) < 4.78 is 5.27. The zero-order valence-corrected chi connectivity index (χ0v) is 13.6. The van der Waals surface area contributed by atoms with E-state index in [-0.39, 0.29) is 0 Å². The fourth-order valence-electron chi connectivity index (χ4n) is 2.36. The van der Waals surface area contributed by atoms with Gasteiger partial charge >= 0.3 is 0 Å². The number of hydrogen-bond acceptors (Lipinski definition) is 1. The number of ether oxygens (including phenoxy) is 1. The van der Waals surface area contributed by atoms with Crippen LogP contribution < -0.4 is 4.74 Å². The third-order valence-electron chi connectivity index (χ3n) is 3.64. The van der Waals surface area contributed by atoms with Crippen molar-refractivity contribution in [3.63, 3.8) is 0 Å². The number of methoxy groups -OCH3 is 1. The molecule has 0 fully saturated rings. The molecule has 0 N–H and O–H groups in total. The number of rotatable bonds is 7. The first-order chi connectivity index (χ1) is 8.63. The van der Waals surface area contributed by atoms with Gasteiger partial charge in [-0.1, -0.05) is 55.1 Å². The molecule has 0 aliphatic carbocycles. The van der Waals surface area contributed by atoms with E-state index in [0.717, 1.165) is 11.7 Å². The van der Waals surface area contributed by atoms with Crippen LogP contribution in [0.2, 0.25) is 0 Å². The zero-order valence-electron chi connectivity index (χ0n) is 12.0. The third kappa shape index (κ3) is 4.01. The van der Waals surface area contributed by atoms with Crippen molar-refractivity contribution in [1.82, 2.24) is 0 Å². The molecule has 2 atom stereocenters. The van der Waals surface area contributed by atoms with Crippen LogP contribution in [0.3, 0.4) is 0 Å². The monoisotopic (exact) mass is 312 g/mol. The molecule has 2 heteroatoms. The van der Waals surface area contributed by atoms with E-state index in [1.54, 1.807) is 7.11 Å². The minimum Gasteiger partial charge on any atom is -0.497 e. The van der Waals surface area contributed by atoms with Crippen LogP contribution in [0.25, 0.3) is 0 Å². The summed E-state index contributed by atoms with van der Waals surface area (Å²) in [5.74, 6) is 1.66. The molecule has 1 aromatic carbocycles. The lowest BCUT2D eigenvalue weighted by Crippen LogP contribution is -2.08. The van der Waals surface area contributed by atoms with E-state index >= 15 is 0 Å². The second-order valence-corrected chi connectivity index (χ2v) is 5.92. The van der Waals surface area contributed by atoms with Crippen molar-refractivity contribution in [1.29, 1.82) is 0 Å². The average molecular weight is 313 g/mol. The topological polar surface area (TPSA) is 9.23 Å². The zero-order chi connectivity index (χ0) is 13.5. The van der Waals surface area contributed by atoms with Crippen LogP contribution in [-0.4, -0.2) is 7.11 Å². The largest absolute Gasteiger partial charge is 0.497 e. The van der Waals surface area contributed by atoms with Gasteiger partial charge in [0, 0.05) is 4.83 Å². The van der Waals surface area contributed by atoms with Gasteiger partial charge in [0.25, 0.3) is 0 Å². The summed E-state index contributed by atoms with van der Waals surface area (Å²) in [5.41, 5.74) is 2.71. The van der Waals surface area contributed by atoms with Crippen LogP contribution in [0.5, 0.6) is 5.75 Å². The van der Waals surface area contributed by atoms with E-state index in [1.807, 2.05) is 0 Å². The van der Waals surface area contributed by atoms with Crippen molar-refractivity contribution in [2.75, 3.05) is 7.11 Å². The molecular weight excluding hydrogens is 288 g/mol. The van der Waals surface area contributed by atoms with E-state index in [0.29, 0.717) is 4.83 Å². The van der Waals surface area contributed by atoms with Crippen LogP contribution in [0.4, 0.5) is 0 Å². The van der Waals surface area contributed by atoms with Gasteiger partial charge in [-0.2, -0.15) is 0 Å². The summed E-state index contributed by atoms with van der Waals surface area (Å²) in [4.78, 5) is 0.458. The molecule has 2 unspecified atom stereocenters. The Morgan fingerprint density at radius 1 is 1.28 bits per heavy atom. The highest BCUT2D eigenvalue weighted by Crippen LogP contribution is 2.38. The summed E-state index contributed by atoms with van der Waals surface area (Å²) >= 11 is 3.90. The molecule has 0 spiro atoms. The SMILES string of the molecule is CCCCC(CC)C(Br)c1ccc(OC)cc1C. The first kappa shape index (κ1) is 15.6. The molecule has 1 rings (SSSR count). The second kappa shape index (κ2) is 7.83. The van der Waals surface area contributed by atoms with Gasteiger partial charge < -0.3 is 4.74 Å². The molecular formula is C16H25BrO. The molecule has 0 bridgehead atoms. The number of unbranched alkanes of at least 4 members (excludes halogenated alkanes) is 1. The molecule has 1 nitrogen and oxygen atoms in total. The summed E-state index contributed by atoms with van der Waals surface area (Å²) in [6.45, 7) is 6.71. The lowest BCUT2D eigenvalue weighted by atomic mass is 9.90. The van der Waals surface area contributed by atoms with Crippen molar-refractivity contribution in [3.05, 3.63) is 29.3 Å². The summed E-state index contributed by atoms with van der Waals surface area (Å²) in [7, 11) is 1.72. The molecule has 0 aliphatic heterocycles. The predicted molar refractivity (Wildman–Crippen MR) is 82.7 cm³/mol. The smallest absolute Gasteiger partial charge is 0.119 e. The Balaban J connectivity index is 2.83. The van der Waals surface area contributed by atoms with Crippen LogP contribution in [0.15, 0.2) is 18.2 Å². The normalized spacial score (nSPS) is 14.3. The Kier molecular flexibility index (Phi) is 6.77. The summed E-state index contributed by atoms with van der Waals surface area (Å²) in [6.07, 6.45) is 5.11. The standard InChI is InChI=1S/C16H25BrO/c1-5-7-8-13(6-2)16(17)15-10-9-14(18-4)11-12(15)3/h9-11,13,16H,5-8H2,1-4H3. The molecule has 0 radical (unpaired) electrons. The van der Waals surface area contributed by atoms with Gasteiger partial charge in [0.15, 0.2) is 0 Å². The van der Waals surface area contributed by atoms with Crippen LogP contribution in [0, 0.1) is 12.8 Å². The van der Waals surface area contributed by atoms with Gasteiger partial charge in [-0.15, -0.1) is 0 Å². The fraction of sp³-hybridized carbons (Fsp3) is 0.625. The van der Waals surface area contributed by atoms with E-state index in [2.05, 4.69) is 54.9 Å². The van der Waals surface area contributed by atoms with Crippen LogP contribution in [-0.2, 0) is 0 Å². The van der Waals surface area contributed by atoms with Gasteiger partial charge in [0.1, 0.15) is 5.75 Å². The van der Waals surface area contributed by atoms with Crippen molar-refractivity contribution >= 4 is 15.9 Å². The first-order valence-electron chi connectivity index (χ1n) is 6.92. The Morgan fingerprint density at radius 2 is 2.00 bits per heavy atom. The van der Waals surface area contributed by atoms with E-state index in [1.165, 1.54) is 36.8 Å². The first-order valence-corrected chi connectivity index (χ1v) is 7.84. The van der Waals surface area contributed by atoms with Gasteiger partial charge in [0.2, 0.25) is 0 Å². The highest BCUT2D eigenvalue weighted by molar-refractivity contribution is 9.09. The molecule has 102 valence electrons. The minimum atomic E-state index is 0.458. The molecule has 18 heavy (non-hydrogen) atoms. The number of alkyl halides is 1. The van der Waals surface area contributed by atoms with Crippen LogP contribution in [0.1, 0.15) is 55.5 Å². The van der Waals surface area contributed by atoms with Gasteiger partial charge in [-0.3, -0.25) is 0 Å². The van der Waals surface area contributed by atoms with E-state index in [4.69, 9.17) is 4.74 Å². The molecule has 0 amide bonds. The molecule has 1 aromatic rings. The number of aryl methyl sites for hydroxylation is 1. The van der Waals surface area contributed by atoms with E-state index in [9.17, 15) is 0 Å². The van der Waals surface area contributed by atoms with E-state index < -0.39 is 0 Å². The minimum absolute atomic E-state index is 0.458. The second-order valence-electron chi connectivity index (χ2n) is 4.93. The number of hydrogen-bond donors (Lipinski definition) is 0. The quantitative estimate of drug-likeness (QED) is 0.590. The molecule has 0 aromatic heterocycles. The lowest BCUT2D eigenvalue weighted by Gasteiger charge is -2.23. The van der Waals surface area contributed by atoms with Crippen molar-refractivity contribution in [2.45, 2.75) is 51.3 Å². The summed E-state index contributed by atoms with van der Waals surface area (Å²) in [6, 6.07) is 6.38. The van der Waals surface area contributed by atoms with Gasteiger partial charge in [-0.25, -0.2) is 0 Å². The predicted octanol–water partition coefficient (Wildman–Crippen LogP) is 5.66. The maximum atomic E-state index is 5.27.